The molecule has 0 aromatic heterocycles. The molecule has 0 unspecified atom stereocenters. The van der Waals surface area contributed by atoms with Crippen LogP contribution in [0.25, 0.3) is 10.8 Å². The Labute approximate surface area is 687 Å². The molecular formula is C106H136O8. The highest BCUT2D eigenvalue weighted by Crippen LogP contribution is 2.44. The molecule has 0 spiro atoms. The first-order valence-electron chi connectivity index (χ1n) is 44.6. The first-order valence-corrected chi connectivity index (χ1v) is 44.6. The normalized spacial score (nSPS) is 11.3. The monoisotopic (exact) mass is 1540 g/mol. The third kappa shape index (κ3) is 28.1. The topological polar surface area (TPSA) is 73.8 Å². The molecular weight excluding hydrogens is 1400 g/mol. The average Bonchev–Trinajstić information content (AvgIpc) is 0.718. The van der Waals surface area contributed by atoms with Crippen LogP contribution in [0.5, 0.6) is 46.0 Å². The Morgan fingerprint density at radius 1 is 0.140 bits per heavy atom. The summed E-state index contributed by atoms with van der Waals surface area (Å²) in [6.07, 6.45) is 31.0. The molecule has 0 atom stereocenters. The van der Waals surface area contributed by atoms with Crippen molar-refractivity contribution in [3.8, 4) is 46.0 Å². The van der Waals surface area contributed by atoms with E-state index in [1.165, 1.54) is 99.8 Å². The predicted molar refractivity (Wildman–Crippen MR) is 478 cm³/mol. The van der Waals surface area contributed by atoms with Gasteiger partial charge in [-0.25, -0.2) is 0 Å². The molecule has 0 N–H and O–H groups in total. The van der Waals surface area contributed by atoms with E-state index in [4.69, 9.17) is 37.9 Å². The molecule has 0 aliphatic heterocycles. The van der Waals surface area contributed by atoms with Gasteiger partial charge in [0.1, 0.15) is 46.0 Å². The lowest BCUT2D eigenvalue weighted by Crippen LogP contribution is -2.17. The van der Waals surface area contributed by atoms with Crippen LogP contribution < -0.4 is 37.9 Å². The summed E-state index contributed by atoms with van der Waals surface area (Å²) >= 11 is 0. The summed E-state index contributed by atoms with van der Waals surface area (Å²) in [5.74, 6) is 7.48. The molecule has 10 rings (SSSR count). The maximum atomic E-state index is 6.38. The van der Waals surface area contributed by atoms with Crippen molar-refractivity contribution in [3.05, 3.63) is 283 Å². The molecule has 0 heterocycles. The Bertz CT molecular complexity index is 3760. The van der Waals surface area contributed by atoms with E-state index in [1.54, 1.807) is 0 Å². The number of ether oxygens (including phenoxy) is 8. The molecule has 0 aliphatic carbocycles. The van der Waals surface area contributed by atoms with Crippen molar-refractivity contribution in [1.29, 1.82) is 0 Å². The second kappa shape index (κ2) is 49.6. The van der Waals surface area contributed by atoms with Crippen LogP contribution in [-0.2, 0) is 103 Å². The number of aryl methyl sites for hydroxylation is 12. The van der Waals surface area contributed by atoms with E-state index in [2.05, 4.69) is 250 Å². The van der Waals surface area contributed by atoms with Gasteiger partial charge in [-0.1, -0.05) is 204 Å². The third-order valence-electron chi connectivity index (χ3n) is 22.5. The summed E-state index contributed by atoms with van der Waals surface area (Å²) < 4.78 is 50.9. The quantitative estimate of drug-likeness (QED) is 0.0349. The van der Waals surface area contributed by atoms with Crippen LogP contribution in [0.3, 0.4) is 0 Å². The minimum atomic E-state index is 0.717. The van der Waals surface area contributed by atoms with Gasteiger partial charge in [-0.05, 0) is 351 Å². The molecule has 8 nitrogen and oxygen atoms in total. The largest absolute Gasteiger partial charge is 0.494 e. The number of rotatable bonds is 56. The summed E-state index contributed by atoms with van der Waals surface area (Å²) in [6, 6.07) is 72.8. The zero-order chi connectivity index (χ0) is 79.6. The molecule has 10 aromatic carbocycles. The van der Waals surface area contributed by atoms with Gasteiger partial charge < -0.3 is 37.9 Å². The van der Waals surface area contributed by atoms with Gasteiger partial charge in [0.05, 0.1) is 52.9 Å². The molecule has 608 valence electrons. The van der Waals surface area contributed by atoms with Crippen LogP contribution in [-0.4, -0.2) is 52.9 Å². The van der Waals surface area contributed by atoms with E-state index in [9.17, 15) is 0 Å². The Morgan fingerprint density at radius 3 is 0.368 bits per heavy atom. The molecule has 0 aliphatic rings. The van der Waals surface area contributed by atoms with Crippen LogP contribution in [0.4, 0.5) is 0 Å². The minimum Gasteiger partial charge on any atom is -0.494 e. The second-order valence-electron chi connectivity index (χ2n) is 31.3. The standard InChI is InChI=1S/C106H136O8/c1-9-17-73-107-89-49-25-81(26-50-89)41-65-97-98(66-42-82-27-51-90(52-28-82)108-74-18-10-2)102(70-46-86-35-59-94(60-36-86)112-78-22-14-6)106-104(72-48-88-39-63-96(64-40-88)114-80-24-16-8)100(68-44-84-31-55-92(56-32-84)110-76-20-12-4)99(67-43-83-29-53-91(54-30-83)109-75-19-11-3)103(71-47-87-37-61-95(62-38-87)113-79-23-15-7)105(106)101(97)69-45-85-33-57-93(58-34-85)111-77-21-13-5/h25-40,49-64H,9-24,41-48,65-80H2,1-8H3. The smallest absolute Gasteiger partial charge is 0.119 e. The SMILES string of the molecule is CCCCOc1ccc(CCc2c(CCc3ccc(OCCCC)cc3)c(CCc3ccc(OCCCC)cc3)c3c(CCc4ccc(OCCCC)cc4)c(CCc4ccc(OCCCC)cc4)c(CCc4ccc(OCCCC)cc4)c(CCc4ccc(OCCCC)cc4)c3c2CCc2ccc(OCCCC)cc2)cc1. The van der Waals surface area contributed by atoms with Crippen LogP contribution in [0.1, 0.15) is 247 Å². The van der Waals surface area contributed by atoms with E-state index < -0.39 is 0 Å². The molecule has 0 bridgehead atoms. The number of benzene rings is 10. The maximum absolute atomic E-state index is 6.38. The van der Waals surface area contributed by atoms with Crippen LogP contribution in [0.2, 0.25) is 0 Å². The van der Waals surface area contributed by atoms with Crippen LogP contribution in [0.15, 0.2) is 194 Å². The summed E-state index contributed by atoms with van der Waals surface area (Å²) in [5.41, 5.74) is 22.6. The minimum absolute atomic E-state index is 0.717. The molecule has 0 amide bonds. The lowest BCUT2D eigenvalue weighted by molar-refractivity contribution is 0.309. The Morgan fingerprint density at radius 2 is 0.254 bits per heavy atom. The van der Waals surface area contributed by atoms with E-state index in [1.807, 2.05) is 0 Å². The third-order valence-corrected chi connectivity index (χ3v) is 22.5. The van der Waals surface area contributed by atoms with Crippen LogP contribution >= 0.6 is 0 Å². The van der Waals surface area contributed by atoms with Crippen molar-refractivity contribution < 1.29 is 37.9 Å². The summed E-state index contributed by atoms with van der Waals surface area (Å²) in [7, 11) is 0. The molecule has 0 fully saturated rings. The Balaban J connectivity index is 1.30. The average molecular weight is 1540 g/mol. The fourth-order valence-corrected chi connectivity index (χ4v) is 15.5. The van der Waals surface area contributed by atoms with E-state index in [0.717, 1.165) is 304 Å². The Kier molecular flexibility index (Phi) is 38.0. The maximum Gasteiger partial charge on any atom is 0.119 e. The van der Waals surface area contributed by atoms with Crippen molar-refractivity contribution in [2.24, 2.45) is 0 Å². The van der Waals surface area contributed by atoms with Crippen molar-refractivity contribution in [3.63, 3.8) is 0 Å². The summed E-state index contributed by atoms with van der Waals surface area (Å²) in [6.45, 7) is 23.6. The number of fused-ring (bicyclic) bond motifs is 1. The molecule has 0 saturated heterocycles. The lowest BCUT2D eigenvalue weighted by Gasteiger charge is -2.31. The highest BCUT2D eigenvalue weighted by Gasteiger charge is 2.29. The fraction of sp³-hybridized carbons (Fsp3) is 0.453. The van der Waals surface area contributed by atoms with Gasteiger partial charge in [0, 0.05) is 0 Å². The number of hydrogen-bond donors (Lipinski definition) is 0. The molecule has 0 saturated carbocycles. The number of unbranched alkanes of at least 4 members (excludes halogenated alkanes) is 8. The van der Waals surface area contributed by atoms with Gasteiger partial charge in [0.15, 0.2) is 0 Å². The molecule has 0 radical (unpaired) electrons. The lowest BCUT2D eigenvalue weighted by atomic mass is 9.73. The molecule has 114 heavy (non-hydrogen) atoms. The van der Waals surface area contributed by atoms with Crippen molar-refractivity contribution in [2.45, 2.75) is 261 Å². The summed E-state index contributed by atoms with van der Waals surface area (Å²) in [5, 5.41) is 2.97. The zero-order valence-corrected chi connectivity index (χ0v) is 71.0. The Hall–Kier alpha value is -9.14. The van der Waals surface area contributed by atoms with Crippen molar-refractivity contribution in [2.75, 3.05) is 52.9 Å². The van der Waals surface area contributed by atoms with Gasteiger partial charge in [0.25, 0.3) is 0 Å². The van der Waals surface area contributed by atoms with Gasteiger partial charge >= 0.3 is 0 Å². The second-order valence-corrected chi connectivity index (χ2v) is 31.3. The van der Waals surface area contributed by atoms with E-state index in [-0.39, 0.29) is 0 Å². The van der Waals surface area contributed by atoms with Gasteiger partial charge in [0.2, 0.25) is 0 Å². The first-order chi connectivity index (χ1) is 56.2. The van der Waals surface area contributed by atoms with Crippen molar-refractivity contribution >= 4 is 10.8 Å². The van der Waals surface area contributed by atoms with Crippen molar-refractivity contribution in [1.82, 2.24) is 0 Å². The van der Waals surface area contributed by atoms with Gasteiger partial charge in [-0.2, -0.15) is 0 Å². The fourth-order valence-electron chi connectivity index (χ4n) is 15.5. The van der Waals surface area contributed by atoms with Gasteiger partial charge in [-0.3, -0.25) is 0 Å². The van der Waals surface area contributed by atoms with Crippen LogP contribution in [0, 0.1) is 0 Å². The summed E-state index contributed by atoms with van der Waals surface area (Å²) in [4.78, 5) is 0. The number of hydrogen-bond acceptors (Lipinski definition) is 8. The highest BCUT2D eigenvalue weighted by molar-refractivity contribution is 5.99. The highest BCUT2D eigenvalue weighted by atomic mass is 16.5. The predicted octanol–water partition coefficient (Wildman–Crippen LogP) is 26.6. The first kappa shape index (κ1) is 87.2. The van der Waals surface area contributed by atoms with Gasteiger partial charge in [-0.15, -0.1) is 0 Å². The molecule has 8 heteroatoms. The van der Waals surface area contributed by atoms with E-state index in [0.29, 0.717) is 0 Å². The zero-order valence-electron chi connectivity index (χ0n) is 71.0. The van der Waals surface area contributed by atoms with E-state index >= 15 is 0 Å². The molecule has 10 aromatic rings.